The average Bonchev–Trinajstić information content (AvgIpc) is 2.90. The number of aromatic nitrogens is 3. The third-order valence-electron chi connectivity index (χ3n) is 4.09. The minimum absolute atomic E-state index is 0.156. The lowest BCUT2D eigenvalue weighted by Crippen LogP contribution is -2.11. The predicted molar refractivity (Wildman–Crippen MR) is 108 cm³/mol. The van der Waals surface area contributed by atoms with Crippen molar-refractivity contribution in [2.75, 3.05) is 0 Å². The fourth-order valence-corrected chi connectivity index (χ4v) is 4.83. The lowest BCUT2D eigenvalue weighted by Gasteiger charge is -2.23. The van der Waals surface area contributed by atoms with Gasteiger partial charge in [0, 0.05) is 33.2 Å². The highest BCUT2D eigenvalue weighted by atomic mass is 79.9. The summed E-state index contributed by atoms with van der Waals surface area (Å²) in [5.74, 6) is 0.530. The van der Waals surface area contributed by atoms with E-state index in [0.717, 1.165) is 25.7 Å². The van der Waals surface area contributed by atoms with E-state index in [1.807, 2.05) is 25.1 Å². The third-order valence-corrected chi connectivity index (χ3v) is 5.91. The van der Waals surface area contributed by atoms with E-state index in [9.17, 15) is 0 Å². The fraction of sp³-hybridized carbons (Fsp3) is 0.263. The van der Waals surface area contributed by atoms with E-state index >= 15 is 0 Å². The Bertz CT molecular complexity index is 879. The lowest BCUT2D eigenvalue weighted by atomic mass is 9.83. The Kier molecular flexibility index (Phi) is 5.87. The number of benzene rings is 1. The van der Waals surface area contributed by atoms with Crippen LogP contribution in [-0.4, -0.2) is 15.2 Å². The van der Waals surface area contributed by atoms with Crippen LogP contribution in [0.15, 0.2) is 57.1 Å². The van der Waals surface area contributed by atoms with Gasteiger partial charge in [0.25, 0.3) is 0 Å². The quantitative estimate of drug-likeness (QED) is 0.498. The standard InChI is InChI=1S/C19H19BrClN3S/c1-11(2)17(15-7-8-22-10-16(15)21)18-12(3)23-24-19(18)25-14-6-4-5-13(20)9-14/h4-11,17H,1-3H3,(H,23,24). The fourth-order valence-electron chi connectivity index (χ4n) is 3.00. The molecule has 2 aromatic heterocycles. The Morgan fingerprint density at radius 3 is 2.72 bits per heavy atom. The van der Waals surface area contributed by atoms with Gasteiger partial charge in [0.1, 0.15) is 0 Å². The summed E-state index contributed by atoms with van der Waals surface area (Å²) in [5.41, 5.74) is 3.30. The van der Waals surface area contributed by atoms with Crippen LogP contribution in [0.1, 0.15) is 36.6 Å². The number of pyridine rings is 1. The average molecular weight is 437 g/mol. The molecule has 3 rings (SSSR count). The molecular formula is C19H19BrClN3S. The molecule has 25 heavy (non-hydrogen) atoms. The van der Waals surface area contributed by atoms with E-state index in [4.69, 9.17) is 11.6 Å². The molecule has 1 unspecified atom stereocenters. The number of aromatic amines is 1. The second-order valence-corrected chi connectivity index (χ2v) is 8.64. The van der Waals surface area contributed by atoms with Crippen molar-refractivity contribution in [3.63, 3.8) is 0 Å². The Labute approximate surface area is 165 Å². The normalized spacial score (nSPS) is 12.6. The number of halogens is 2. The van der Waals surface area contributed by atoms with E-state index < -0.39 is 0 Å². The SMILES string of the molecule is Cc1n[nH]c(Sc2cccc(Br)c2)c1C(c1ccncc1Cl)C(C)C. The van der Waals surface area contributed by atoms with Crippen LogP contribution >= 0.6 is 39.3 Å². The zero-order chi connectivity index (χ0) is 18.0. The second-order valence-electron chi connectivity index (χ2n) is 6.23. The van der Waals surface area contributed by atoms with Gasteiger partial charge in [0.05, 0.1) is 15.7 Å². The van der Waals surface area contributed by atoms with Gasteiger partial charge in [-0.25, -0.2) is 0 Å². The molecule has 0 saturated heterocycles. The van der Waals surface area contributed by atoms with Gasteiger partial charge in [-0.1, -0.05) is 59.2 Å². The molecule has 3 nitrogen and oxygen atoms in total. The summed E-state index contributed by atoms with van der Waals surface area (Å²) in [4.78, 5) is 5.28. The van der Waals surface area contributed by atoms with Crippen molar-refractivity contribution in [3.05, 3.63) is 69.0 Å². The minimum atomic E-state index is 0.156. The first-order valence-corrected chi connectivity index (χ1v) is 10.0. The van der Waals surface area contributed by atoms with Gasteiger partial charge in [-0.15, -0.1) is 0 Å². The number of aryl methyl sites for hydroxylation is 1. The van der Waals surface area contributed by atoms with E-state index in [2.05, 4.69) is 57.1 Å². The Hall–Kier alpha value is -1.30. The van der Waals surface area contributed by atoms with Crippen molar-refractivity contribution >= 4 is 39.3 Å². The molecule has 1 aromatic carbocycles. The van der Waals surface area contributed by atoms with Crippen molar-refractivity contribution in [2.45, 2.75) is 36.6 Å². The number of hydrogen-bond acceptors (Lipinski definition) is 3. The molecule has 0 aliphatic heterocycles. The number of H-pyrrole nitrogens is 1. The van der Waals surface area contributed by atoms with Gasteiger partial charge in [0.2, 0.25) is 0 Å². The Balaban J connectivity index is 2.06. The third kappa shape index (κ3) is 4.10. The molecule has 3 aromatic rings. The molecule has 130 valence electrons. The first-order valence-electron chi connectivity index (χ1n) is 8.05. The highest BCUT2D eigenvalue weighted by Crippen LogP contribution is 2.42. The van der Waals surface area contributed by atoms with Crippen LogP contribution < -0.4 is 0 Å². The van der Waals surface area contributed by atoms with Crippen molar-refractivity contribution in [2.24, 2.45) is 5.92 Å². The van der Waals surface area contributed by atoms with Crippen molar-refractivity contribution in [3.8, 4) is 0 Å². The van der Waals surface area contributed by atoms with Crippen molar-refractivity contribution in [1.29, 1.82) is 0 Å². The molecule has 0 amide bonds. The van der Waals surface area contributed by atoms with E-state index in [-0.39, 0.29) is 5.92 Å². The first kappa shape index (κ1) is 18.5. The zero-order valence-electron chi connectivity index (χ0n) is 14.3. The van der Waals surface area contributed by atoms with Gasteiger partial charge >= 0.3 is 0 Å². The highest BCUT2D eigenvalue weighted by molar-refractivity contribution is 9.10. The van der Waals surface area contributed by atoms with Crippen molar-refractivity contribution < 1.29 is 0 Å². The molecule has 0 bridgehead atoms. The number of hydrogen-bond donors (Lipinski definition) is 1. The van der Waals surface area contributed by atoms with E-state index in [1.165, 1.54) is 5.56 Å². The van der Waals surface area contributed by atoms with Crippen LogP contribution in [0, 0.1) is 12.8 Å². The van der Waals surface area contributed by atoms with Gasteiger partial charge < -0.3 is 0 Å². The number of rotatable bonds is 5. The summed E-state index contributed by atoms with van der Waals surface area (Å²) in [6.07, 6.45) is 3.51. The highest BCUT2D eigenvalue weighted by Gasteiger charge is 2.27. The van der Waals surface area contributed by atoms with Crippen LogP contribution in [-0.2, 0) is 0 Å². The maximum atomic E-state index is 6.46. The van der Waals surface area contributed by atoms with E-state index in [1.54, 1.807) is 24.2 Å². The van der Waals surface area contributed by atoms with Crippen LogP contribution in [0.4, 0.5) is 0 Å². The number of nitrogens with one attached hydrogen (secondary N) is 1. The van der Waals surface area contributed by atoms with Gasteiger partial charge in [-0.05, 0) is 42.7 Å². The van der Waals surface area contributed by atoms with Crippen molar-refractivity contribution in [1.82, 2.24) is 15.2 Å². The molecule has 0 aliphatic rings. The summed E-state index contributed by atoms with van der Waals surface area (Å²) in [6, 6.07) is 10.3. The Morgan fingerprint density at radius 2 is 2.04 bits per heavy atom. The monoisotopic (exact) mass is 435 g/mol. The zero-order valence-corrected chi connectivity index (χ0v) is 17.4. The summed E-state index contributed by atoms with van der Waals surface area (Å²) in [6.45, 7) is 6.46. The molecule has 0 radical (unpaired) electrons. The molecular weight excluding hydrogens is 418 g/mol. The predicted octanol–water partition coefficient (Wildman–Crippen LogP) is 6.47. The summed E-state index contributed by atoms with van der Waals surface area (Å²) in [5, 5.41) is 9.44. The van der Waals surface area contributed by atoms with E-state index in [0.29, 0.717) is 10.9 Å². The summed E-state index contributed by atoms with van der Waals surface area (Å²) < 4.78 is 1.06. The molecule has 0 saturated carbocycles. The molecule has 1 atom stereocenters. The summed E-state index contributed by atoms with van der Waals surface area (Å²) >= 11 is 11.7. The van der Waals surface area contributed by atoms with Gasteiger partial charge in [0.15, 0.2) is 0 Å². The van der Waals surface area contributed by atoms with Crippen LogP contribution in [0.5, 0.6) is 0 Å². The molecule has 0 fully saturated rings. The topological polar surface area (TPSA) is 41.6 Å². The lowest BCUT2D eigenvalue weighted by molar-refractivity contribution is 0.554. The molecule has 6 heteroatoms. The molecule has 2 heterocycles. The van der Waals surface area contributed by atoms with Crippen LogP contribution in [0.2, 0.25) is 5.02 Å². The van der Waals surface area contributed by atoms with Crippen LogP contribution in [0.25, 0.3) is 0 Å². The smallest absolute Gasteiger partial charge is 0.0996 e. The first-order chi connectivity index (χ1) is 12.0. The molecule has 0 aliphatic carbocycles. The molecule has 1 N–H and O–H groups in total. The maximum absolute atomic E-state index is 6.46. The van der Waals surface area contributed by atoms with Crippen LogP contribution in [0.3, 0.4) is 0 Å². The second kappa shape index (κ2) is 7.94. The maximum Gasteiger partial charge on any atom is 0.0996 e. The van der Waals surface area contributed by atoms with Gasteiger partial charge in [-0.2, -0.15) is 5.10 Å². The Morgan fingerprint density at radius 1 is 1.24 bits per heavy atom. The molecule has 0 spiro atoms. The van der Waals surface area contributed by atoms with Gasteiger partial charge in [-0.3, -0.25) is 10.1 Å². The number of nitrogens with zero attached hydrogens (tertiary/aromatic N) is 2. The largest absolute Gasteiger partial charge is 0.271 e. The minimum Gasteiger partial charge on any atom is -0.271 e. The summed E-state index contributed by atoms with van der Waals surface area (Å²) in [7, 11) is 0.